The van der Waals surface area contributed by atoms with Crippen LogP contribution in [0.2, 0.25) is 0 Å². The van der Waals surface area contributed by atoms with Crippen LogP contribution in [-0.4, -0.2) is 12.5 Å². The molecule has 0 aromatic heterocycles. The van der Waals surface area contributed by atoms with Gasteiger partial charge in [-0.05, 0) is 48.0 Å². The Hall–Kier alpha value is -2.11. The highest BCUT2D eigenvalue weighted by molar-refractivity contribution is 9.10. The van der Waals surface area contributed by atoms with Crippen LogP contribution in [0.4, 0.5) is 5.69 Å². The Bertz CT molecular complexity index is 880. The van der Waals surface area contributed by atoms with E-state index in [9.17, 15) is 4.79 Å². The van der Waals surface area contributed by atoms with Crippen molar-refractivity contribution in [2.24, 2.45) is 0 Å². The molecule has 132 valence electrons. The number of hydrogen-bond acceptors (Lipinski definition) is 2. The molecule has 3 rings (SSSR count). The number of amides is 1. The number of nitrogens with one attached hydrogen (secondary N) is 1. The van der Waals surface area contributed by atoms with Gasteiger partial charge in [-0.25, -0.2) is 0 Å². The first-order valence-electron chi connectivity index (χ1n) is 8.15. The molecule has 0 radical (unpaired) electrons. The van der Waals surface area contributed by atoms with Crippen molar-refractivity contribution in [3.8, 4) is 5.75 Å². The smallest absolute Gasteiger partial charge is 0.259 e. The summed E-state index contributed by atoms with van der Waals surface area (Å²) in [7, 11) is 0. The van der Waals surface area contributed by atoms with Crippen LogP contribution in [0, 0.1) is 0 Å². The fourth-order valence-electron chi connectivity index (χ4n) is 2.46. The summed E-state index contributed by atoms with van der Waals surface area (Å²) in [6, 6.07) is 23.0. The lowest BCUT2D eigenvalue weighted by atomic mass is 10.1. The molecule has 3 nitrogen and oxygen atoms in total. The zero-order valence-corrected chi connectivity index (χ0v) is 17.1. The summed E-state index contributed by atoms with van der Waals surface area (Å²) in [5, 5.41) is 2.90. The molecule has 0 saturated heterocycles. The number of carbonyl (C=O) groups excluding carboxylic acids is 1. The standard InChI is InChI=1S/C21H17Br2NO2/c22-16-6-9-18(10-7-16)24-21(25)19-14-17(23)8-11-20(19)26-13-12-15-4-2-1-3-5-15/h1-11,14H,12-13H2,(H,24,25). The van der Waals surface area contributed by atoms with Crippen LogP contribution >= 0.6 is 31.9 Å². The highest BCUT2D eigenvalue weighted by Crippen LogP contribution is 2.25. The highest BCUT2D eigenvalue weighted by atomic mass is 79.9. The number of hydrogen-bond donors (Lipinski definition) is 1. The maximum atomic E-state index is 12.7. The summed E-state index contributed by atoms with van der Waals surface area (Å²) in [5.41, 5.74) is 2.43. The number of carbonyl (C=O) groups is 1. The van der Waals surface area contributed by atoms with Gasteiger partial charge in [0.2, 0.25) is 0 Å². The molecular formula is C21H17Br2NO2. The lowest BCUT2D eigenvalue weighted by molar-refractivity contribution is 0.102. The third-order valence-corrected chi connectivity index (χ3v) is 4.80. The lowest BCUT2D eigenvalue weighted by Gasteiger charge is -2.12. The normalized spacial score (nSPS) is 10.4. The van der Waals surface area contributed by atoms with Crippen molar-refractivity contribution in [2.75, 3.05) is 11.9 Å². The van der Waals surface area contributed by atoms with Gasteiger partial charge in [-0.2, -0.15) is 0 Å². The minimum absolute atomic E-state index is 0.205. The molecule has 5 heteroatoms. The maximum Gasteiger partial charge on any atom is 0.259 e. The molecule has 0 spiro atoms. The zero-order chi connectivity index (χ0) is 18.4. The highest BCUT2D eigenvalue weighted by Gasteiger charge is 2.14. The van der Waals surface area contributed by atoms with Gasteiger partial charge in [-0.15, -0.1) is 0 Å². The topological polar surface area (TPSA) is 38.3 Å². The molecule has 3 aromatic rings. The van der Waals surface area contributed by atoms with E-state index in [1.54, 1.807) is 6.07 Å². The van der Waals surface area contributed by atoms with Crippen LogP contribution in [0.5, 0.6) is 5.75 Å². The van der Waals surface area contributed by atoms with Crippen LogP contribution in [0.25, 0.3) is 0 Å². The first kappa shape index (κ1) is 18.7. The number of benzene rings is 3. The fourth-order valence-corrected chi connectivity index (χ4v) is 3.09. The first-order valence-corrected chi connectivity index (χ1v) is 9.73. The molecule has 0 atom stereocenters. The van der Waals surface area contributed by atoms with Crippen molar-refractivity contribution in [1.82, 2.24) is 0 Å². The van der Waals surface area contributed by atoms with Gasteiger partial charge in [-0.1, -0.05) is 62.2 Å². The Kier molecular flexibility index (Phi) is 6.47. The third-order valence-electron chi connectivity index (χ3n) is 3.78. The van der Waals surface area contributed by atoms with Gasteiger partial charge in [0.25, 0.3) is 5.91 Å². The maximum absolute atomic E-state index is 12.7. The van der Waals surface area contributed by atoms with Crippen molar-refractivity contribution in [3.05, 3.63) is 92.9 Å². The quantitative estimate of drug-likeness (QED) is 0.469. The average molecular weight is 475 g/mol. The second-order valence-corrected chi connectivity index (χ2v) is 7.52. The summed E-state index contributed by atoms with van der Waals surface area (Å²) >= 11 is 6.81. The van der Waals surface area contributed by atoms with E-state index in [0.29, 0.717) is 17.9 Å². The van der Waals surface area contributed by atoms with Crippen molar-refractivity contribution in [2.45, 2.75) is 6.42 Å². The summed E-state index contributed by atoms with van der Waals surface area (Å²) in [4.78, 5) is 12.7. The molecular weight excluding hydrogens is 458 g/mol. The molecule has 1 N–H and O–H groups in total. The molecule has 0 saturated carbocycles. The van der Waals surface area contributed by atoms with Gasteiger partial charge in [0.05, 0.1) is 12.2 Å². The predicted octanol–water partition coefficient (Wildman–Crippen LogP) is 6.09. The van der Waals surface area contributed by atoms with Gasteiger partial charge in [0.15, 0.2) is 0 Å². The fraction of sp³-hybridized carbons (Fsp3) is 0.0952. The largest absolute Gasteiger partial charge is 0.492 e. The second-order valence-electron chi connectivity index (χ2n) is 5.69. The Morgan fingerprint density at radius 3 is 2.31 bits per heavy atom. The van der Waals surface area contributed by atoms with E-state index >= 15 is 0 Å². The van der Waals surface area contributed by atoms with Crippen molar-refractivity contribution in [3.63, 3.8) is 0 Å². The number of ether oxygens (including phenoxy) is 1. The minimum atomic E-state index is -0.205. The van der Waals surface area contributed by atoms with Gasteiger partial charge >= 0.3 is 0 Å². The van der Waals surface area contributed by atoms with Crippen LogP contribution in [-0.2, 0) is 6.42 Å². The number of halogens is 2. The van der Waals surface area contributed by atoms with E-state index in [1.165, 1.54) is 5.56 Å². The monoisotopic (exact) mass is 473 g/mol. The number of rotatable bonds is 6. The lowest BCUT2D eigenvalue weighted by Crippen LogP contribution is -2.14. The third kappa shape index (κ3) is 5.19. The summed E-state index contributed by atoms with van der Waals surface area (Å²) in [6.45, 7) is 0.504. The van der Waals surface area contributed by atoms with Gasteiger partial charge in [-0.3, -0.25) is 4.79 Å². The van der Waals surface area contributed by atoms with E-state index in [1.807, 2.05) is 54.6 Å². The molecule has 3 aromatic carbocycles. The molecule has 26 heavy (non-hydrogen) atoms. The van der Waals surface area contributed by atoms with E-state index in [2.05, 4.69) is 49.3 Å². The van der Waals surface area contributed by atoms with Crippen LogP contribution in [0.1, 0.15) is 15.9 Å². The first-order chi connectivity index (χ1) is 12.6. The summed E-state index contributed by atoms with van der Waals surface area (Å²) in [6.07, 6.45) is 0.782. The van der Waals surface area contributed by atoms with Crippen molar-refractivity contribution < 1.29 is 9.53 Å². The van der Waals surface area contributed by atoms with Crippen molar-refractivity contribution >= 4 is 43.5 Å². The molecule has 0 aliphatic heterocycles. The van der Waals surface area contributed by atoms with Crippen molar-refractivity contribution in [1.29, 1.82) is 0 Å². The molecule has 1 amide bonds. The van der Waals surface area contributed by atoms with Gasteiger partial charge < -0.3 is 10.1 Å². The molecule has 0 aliphatic rings. The van der Waals surface area contributed by atoms with E-state index in [-0.39, 0.29) is 5.91 Å². The Morgan fingerprint density at radius 1 is 0.885 bits per heavy atom. The minimum Gasteiger partial charge on any atom is -0.492 e. The molecule has 0 unspecified atom stereocenters. The van der Waals surface area contributed by atoms with Crippen LogP contribution in [0.15, 0.2) is 81.7 Å². The van der Waals surface area contributed by atoms with Gasteiger partial charge in [0.1, 0.15) is 5.75 Å². The molecule has 0 aliphatic carbocycles. The molecule has 0 heterocycles. The second kappa shape index (κ2) is 9.01. The predicted molar refractivity (Wildman–Crippen MR) is 112 cm³/mol. The van der Waals surface area contributed by atoms with E-state index < -0.39 is 0 Å². The molecule has 0 bridgehead atoms. The Morgan fingerprint density at radius 2 is 1.58 bits per heavy atom. The SMILES string of the molecule is O=C(Nc1ccc(Br)cc1)c1cc(Br)ccc1OCCc1ccccc1. The Balaban J connectivity index is 1.70. The van der Waals surface area contributed by atoms with Crippen LogP contribution < -0.4 is 10.1 Å². The molecule has 0 fully saturated rings. The number of anilines is 1. The van der Waals surface area contributed by atoms with E-state index in [0.717, 1.165) is 21.1 Å². The average Bonchev–Trinajstić information content (AvgIpc) is 2.65. The zero-order valence-electron chi connectivity index (χ0n) is 13.9. The van der Waals surface area contributed by atoms with Crippen LogP contribution in [0.3, 0.4) is 0 Å². The summed E-state index contributed by atoms with van der Waals surface area (Å²) < 4.78 is 7.67. The van der Waals surface area contributed by atoms with E-state index in [4.69, 9.17) is 4.74 Å². The summed E-state index contributed by atoms with van der Waals surface area (Å²) in [5.74, 6) is 0.363. The van der Waals surface area contributed by atoms with Gasteiger partial charge in [0, 0.05) is 21.1 Å². The Labute approximate surface area is 169 Å².